The van der Waals surface area contributed by atoms with Crippen molar-refractivity contribution in [3.05, 3.63) is 29.3 Å². The molecule has 1 aliphatic carbocycles. The average molecular weight is 268 g/mol. The van der Waals surface area contributed by atoms with Crippen LogP contribution in [0.1, 0.15) is 37.3 Å². The van der Waals surface area contributed by atoms with Crippen molar-refractivity contribution in [3.8, 4) is 6.07 Å². The van der Waals surface area contributed by atoms with Crippen LogP contribution in [0.5, 0.6) is 0 Å². The molecule has 1 aromatic carbocycles. The second-order valence-corrected chi connectivity index (χ2v) is 5.03. The second kappa shape index (κ2) is 5.12. The van der Waals surface area contributed by atoms with Crippen LogP contribution in [-0.2, 0) is 6.18 Å². The Morgan fingerprint density at radius 2 is 2.05 bits per heavy atom. The second-order valence-electron chi connectivity index (χ2n) is 5.03. The summed E-state index contributed by atoms with van der Waals surface area (Å²) in [6.45, 7) is 2.12. The summed E-state index contributed by atoms with van der Waals surface area (Å²) in [5, 5.41) is 12.1. The van der Waals surface area contributed by atoms with Crippen LogP contribution in [0.25, 0.3) is 0 Å². The van der Waals surface area contributed by atoms with Crippen molar-refractivity contribution in [2.75, 3.05) is 5.32 Å². The molecule has 0 amide bonds. The van der Waals surface area contributed by atoms with Gasteiger partial charge in [-0.3, -0.25) is 0 Å². The number of nitriles is 1. The number of benzene rings is 1. The highest BCUT2D eigenvalue weighted by molar-refractivity contribution is 5.54. The maximum atomic E-state index is 12.7. The van der Waals surface area contributed by atoms with Crippen LogP contribution in [0.2, 0.25) is 0 Å². The minimum absolute atomic E-state index is 0.281. The predicted molar refractivity (Wildman–Crippen MR) is 66.6 cm³/mol. The fraction of sp³-hybridized carbons (Fsp3) is 0.500. The third-order valence-electron chi connectivity index (χ3n) is 3.66. The Labute approximate surface area is 110 Å². The molecule has 1 saturated carbocycles. The van der Waals surface area contributed by atoms with E-state index in [1.165, 1.54) is 12.1 Å². The molecule has 0 aromatic heterocycles. The van der Waals surface area contributed by atoms with Gasteiger partial charge < -0.3 is 5.32 Å². The van der Waals surface area contributed by atoms with E-state index in [4.69, 9.17) is 5.26 Å². The lowest BCUT2D eigenvalue weighted by Gasteiger charge is -2.19. The Bertz CT molecular complexity index is 502. The lowest BCUT2D eigenvalue weighted by molar-refractivity contribution is -0.137. The number of nitrogens with zero attached hydrogens (tertiary/aromatic N) is 1. The quantitative estimate of drug-likeness (QED) is 0.873. The van der Waals surface area contributed by atoms with Crippen molar-refractivity contribution in [2.24, 2.45) is 5.92 Å². The minimum Gasteiger partial charge on any atom is -0.382 e. The van der Waals surface area contributed by atoms with Crippen LogP contribution >= 0.6 is 0 Å². The van der Waals surface area contributed by atoms with Gasteiger partial charge in [-0.15, -0.1) is 0 Å². The van der Waals surface area contributed by atoms with Crippen molar-refractivity contribution >= 4 is 5.69 Å². The number of halogens is 3. The smallest absolute Gasteiger partial charge is 0.382 e. The number of alkyl halides is 3. The molecule has 0 saturated heterocycles. The Morgan fingerprint density at radius 3 is 2.58 bits per heavy atom. The Kier molecular flexibility index (Phi) is 3.70. The zero-order valence-electron chi connectivity index (χ0n) is 10.6. The summed E-state index contributed by atoms with van der Waals surface area (Å²) in [5.41, 5.74) is -0.619. The van der Waals surface area contributed by atoms with Crippen LogP contribution in [0, 0.1) is 17.2 Å². The van der Waals surface area contributed by atoms with E-state index in [-0.39, 0.29) is 11.6 Å². The molecule has 2 unspecified atom stereocenters. The summed E-state index contributed by atoms with van der Waals surface area (Å²) in [6, 6.07) is 5.56. The molecule has 1 N–H and O–H groups in total. The lowest BCUT2D eigenvalue weighted by atomic mass is 10.0. The summed E-state index contributed by atoms with van der Waals surface area (Å²) < 4.78 is 38.0. The first-order valence-corrected chi connectivity index (χ1v) is 6.29. The molecule has 102 valence electrons. The molecular formula is C14H15F3N2. The molecule has 19 heavy (non-hydrogen) atoms. The van der Waals surface area contributed by atoms with E-state index in [1.807, 2.05) is 0 Å². The molecule has 0 bridgehead atoms. The zero-order valence-corrected chi connectivity index (χ0v) is 10.6. The van der Waals surface area contributed by atoms with Crippen molar-refractivity contribution in [1.82, 2.24) is 0 Å². The Hall–Kier alpha value is -1.70. The van der Waals surface area contributed by atoms with E-state index in [2.05, 4.69) is 12.2 Å². The summed E-state index contributed by atoms with van der Waals surface area (Å²) in [5.74, 6) is 0.507. The Morgan fingerprint density at radius 1 is 1.32 bits per heavy atom. The molecule has 0 radical (unpaired) electrons. The molecule has 0 heterocycles. The minimum atomic E-state index is -4.48. The molecular weight excluding hydrogens is 253 g/mol. The third-order valence-corrected chi connectivity index (χ3v) is 3.66. The topological polar surface area (TPSA) is 35.8 Å². The number of hydrogen-bond donors (Lipinski definition) is 1. The lowest BCUT2D eigenvalue weighted by Crippen LogP contribution is -2.22. The van der Waals surface area contributed by atoms with Crippen molar-refractivity contribution in [1.29, 1.82) is 5.26 Å². The van der Waals surface area contributed by atoms with E-state index >= 15 is 0 Å². The van der Waals surface area contributed by atoms with Gasteiger partial charge >= 0.3 is 6.18 Å². The third kappa shape index (κ3) is 3.01. The van der Waals surface area contributed by atoms with Crippen molar-refractivity contribution in [2.45, 2.75) is 38.4 Å². The molecule has 2 nitrogen and oxygen atoms in total. The Balaban J connectivity index is 2.23. The van der Waals surface area contributed by atoms with Crippen LogP contribution in [-0.4, -0.2) is 6.04 Å². The van der Waals surface area contributed by atoms with Gasteiger partial charge in [-0.25, -0.2) is 0 Å². The molecule has 0 spiro atoms. The van der Waals surface area contributed by atoms with Crippen molar-refractivity contribution < 1.29 is 13.2 Å². The van der Waals surface area contributed by atoms with E-state index < -0.39 is 11.7 Å². The first-order chi connectivity index (χ1) is 8.91. The summed E-state index contributed by atoms with van der Waals surface area (Å²) in [4.78, 5) is 0. The summed E-state index contributed by atoms with van der Waals surface area (Å²) in [7, 11) is 0. The van der Waals surface area contributed by atoms with Gasteiger partial charge in [0.15, 0.2) is 0 Å². The standard InChI is InChI=1S/C14H15F3N2/c1-9-3-2-4-13(9)19-11-5-6-12(14(15,16)17)10(7-11)8-18/h5-7,9,13,19H,2-4H2,1H3. The molecule has 2 rings (SSSR count). The SMILES string of the molecule is CC1CCCC1Nc1ccc(C(F)(F)F)c(C#N)c1. The zero-order chi connectivity index (χ0) is 14.0. The van der Waals surface area contributed by atoms with Crippen LogP contribution in [0.4, 0.5) is 18.9 Å². The highest BCUT2D eigenvalue weighted by Gasteiger charge is 2.33. The first-order valence-electron chi connectivity index (χ1n) is 6.29. The molecule has 0 aliphatic heterocycles. The normalized spacial score (nSPS) is 23.1. The van der Waals surface area contributed by atoms with Crippen LogP contribution < -0.4 is 5.32 Å². The summed E-state index contributed by atoms with van der Waals surface area (Å²) in [6.07, 6.45) is -1.21. The predicted octanol–water partition coefficient (Wildman–Crippen LogP) is 4.18. The van der Waals surface area contributed by atoms with Gasteiger partial charge in [0.05, 0.1) is 17.2 Å². The number of hydrogen-bond acceptors (Lipinski definition) is 2. The first kappa shape index (κ1) is 13.7. The monoisotopic (exact) mass is 268 g/mol. The van der Waals surface area contributed by atoms with E-state index in [0.29, 0.717) is 11.6 Å². The fourth-order valence-corrected chi connectivity index (χ4v) is 2.55. The van der Waals surface area contributed by atoms with Crippen molar-refractivity contribution in [3.63, 3.8) is 0 Å². The van der Waals surface area contributed by atoms with Gasteiger partial charge in [-0.1, -0.05) is 13.3 Å². The fourth-order valence-electron chi connectivity index (χ4n) is 2.55. The number of nitrogens with one attached hydrogen (secondary N) is 1. The largest absolute Gasteiger partial charge is 0.417 e. The molecule has 5 heteroatoms. The molecule has 2 atom stereocenters. The highest BCUT2D eigenvalue weighted by Crippen LogP contribution is 2.34. The van der Waals surface area contributed by atoms with Crippen LogP contribution in [0.3, 0.4) is 0 Å². The van der Waals surface area contributed by atoms with E-state index in [1.54, 1.807) is 6.07 Å². The highest BCUT2D eigenvalue weighted by atomic mass is 19.4. The van der Waals surface area contributed by atoms with Crippen LogP contribution in [0.15, 0.2) is 18.2 Å². The van der Waals surface area contributed by atoms with Gasteiger partial charge in [0.25, 0.3) is 0 Å². The van der Waals surface area contributed by atoms with E-state index in [0.717, 1.165) is 25.3 Å². The molecule has 1 aromatic rings. The van der Waals surface area contributed by atoms with Gasteiger partial charge in [0.2, 0.25) is 0 Å². The number of anilines is 1. The maximum absolute atomic E-state index is 12.7. The van der Waals surface area contributed by atoms with Gasteiger partial charge in [-0.05, 0) is 37.0 Å². The van der Waals surface area contributed by atoms with Gasteiger partial charge in [0.1, 0.15) is 0 Å². The average Bonchev–Trinajstić information content (AvgIpc) is 2.73. The molecule has 1 aliphatic rings. The maximum Gasteiger partial charge on any atom is 0.417 e. The molecule has 1 fully saturated rings. The van der Waals surface area contributed by atoms with Gasteiger partial charge in [0, 0.05) is 11.7 Å². The summed E-state index contributed by atoms with van der Waals surface area (Å²) >= 11 is 0. The number of rotatable bonds is 2. The van der Waals surface area contributed by atoms with Gasteiger partial charge in [-0.2, -0.15) is 18.4 Å². The van der Waals surface area contributed by atoms with E-state index in [9.17, 15) is 13.2 Å².